The lowest BCUT2D eigenvalue weighted by Gasteiger charge is -2.09. The standard InChI is InChI=1S/C11H17N3O/c1-3-13-11(15)14-10-5-4-9(7-12)6-8(10)2/h4-6H,3,7,12H2,1-2H3,(H2,13,14,15). The average Bonchev–Trinajstić information content (AvgIpc) is 2.21. The van der Waals surface area contributed by atoms with Gasteiger partial charge in [0.1, 0.15) is 0 Å². The summed E-state index contributed by atoms with van der Waals surface area (Å²) in [5.41, 5.74) is 8.42. The van der Waals surface area contributed by atoms with Crippen molar-refractivity contribution >= 4 is 11.7 Å². The van der Waals surface area contributed by atoms with Gasteiger partial charge in [0.25, 0.3) is 0 Å². The van der Waals surface area contributed by atoms with E-state index in [-0.39, 0.29) is 6.03 Å². The summed E-state index contributed by atoms with van der Waals surface area (Å²) >= 11 is 0. The Hall–Kier alpha value is -1.55. The highest BCUT2D eigenvalue weighted by molar-refractivity contribution is 5.90. The third-order valence-electron chi connectivity index (χ3n) is 2.11. The molecule has 4 N–H and O–H groups in total. The Morgan fingerprint density at radius 1 is 1.47 bits per heavy atom. The molecule has 1 rings (SSSR count). The van der Waals surface area contributed by atoms with Crippen LogP contribution in [0.1, 0.15) is 18.1 Å². The third-order valence-corrected chi connectivity index (χ3v) is 2.11. The fourth-order valence-corrected chi connectivity index (χ4v) is 1.32. The molecule has 82 valence electrons. The molecule has 1 aromatic carbocycles. The highest BCUT2D eigenvalue weighted by Crippen LogP contribution is 2.15. The van der Waals surface area contributed by atoms with Crippen molar-refractivity contribution in [2.24, 2.45) is 5.73 Å². The second-order valence-electron chi connectivity index (χ2n) is 3.34. The van der Waals surface area contributed by atoms with Gasteiger partial charge in [-0.3, -0.25) is 0 Å². The van der Waals surface area contributed by atoms with Gasteiger partial charge in [0.05, 0.1) is 0 Å². The minimum atomic E-state index is -0.180. The fourth-order valence-electron chi connectivity index (χ4n) is 1.32. The summed E-state index contributed by atoms with van der Waals surface area (Å²) in [4.78, 5) is 11.3. The summed E-state index contributed by atoms with van der Waals surface area (Å²) in [6.07, 6.45) is 0. The number of carbonyl (C=O) groups excluding carboxylic acids is 1. The van der Waals surface area contributed by atoms with Crippen molar-refractivity contribution in [1.82, 2.24) is 5.32 Å². The number of nitrogens with one attached hydrogen (secondary N) is 2. The zero-order valence-corrected chi connectivity index (χ0v) is 9.13. The first-order chi connectivity index (χ1) is 7.17. The molecule has 4 heteroatoms. The molecule has 0 spiro atoms. The highest BCUT2D eigenvalue weighted by Gasteiger charge is 2.03. The van der Waals surface area contributed by atoms with Crippen molar-refractivity contribution in [3.05, 3.63) is 29.3 Å². The molecule has 0 fully saturated rings. The van der Waals surface area contributed by atoms with E-state index in [9.17, 15) is 4.79 Å². The van der Waals surface area contributed by atoms with Crippen molar-refractivity contribution in [3.63, 3.8) is 0 Å². The Kier molecular flexibility index (Phi) is 4.12. The first kappa shape index (κ1) is 11.5. The van der Waals surface area contributed by atoms with Crippen LogP contribution in [0, 0.1) is 6.92 Å². The topological polar surface area (TPSA) is 67.2 Å². The maximum Gasteiger partial charge on any atom is 0.319 e. The molecule has 0 radical (unpaired) electrons. The molecule has 0 unspecified atom stereocenters. The van der Waals surface area contributed by atoms with E-state index in [0.29, 0.717) is 13.1 Å². The van der Waals surface area contributed by atoms with Gasteiger partial charge in [-0.25, -0.2) is 4.79 Å². The SMILES string of the molecule is CCNC(=O)Nc1ccc(CN)cc1C. The quantitative estimate of drug-likeness (QED) is 0.704. The van der Waals surface area contributed by atoms with E-state index in [1.165, 1.54) is 0 Å². The van der Waals surface area contributed by atoms with Crippen LogP contribution in [0.4, 0.5) is 10.5 Å². The van der Waals surface area contributed by atoms with Gasteiger partial charge < -0.3 is 16.4 Å². The average molecular weight is 207 g/mol. The second kappa shape index (κ2) is 5.36. The fraction of sp³-hybridized carbons (Fsp3) is 0.364. The third kappa shape index (κ3) is 3.25. The summed E-state index contributed by atoms with van der Waals surface area (Å²) in [5, 5.41) is 5.45. The van der Waals surface area contributed by atoms with E-state index < -0.39 is 0 Å². The summed E-state index contributed by atoms with van der Waals surface area (Å²) in [5.74, 6) is 0. The number of anilines is 1. The summed E-state index contributed by atoms with van der Waals surface area (Å²) in [6.45, 7) is 4.96. The first-order valence-electron chi connectivity index (χ1n) is 5.01. The van der Waals surface area contributed by atoms with Crippen molar-refractivity contribution in [2.75, 3.05) is 11.9 Å². The maximum atomic E-state index is 11.3. The Balaban J connectivity index is 2.73. The van der Waals surface area contributed by atoms with Crippen LogP contribution < -0.4 is 16.4 Å². The van der Waals surface area contributed by atoms with Gasteiger partial charge in [0.2, 0.25) is 0 Å². The molecule has 0 bridgehead atoms. The Morgan fingerprint density at radius 3 is 2.73 bits per heavy atom. The van der Waals surface area contributed by atoms with Gasteiger partial charge in [-0.15, -0.1) is 0 Å². The van der Waals surface area contributed by atoms with Crippen LogP contribution in [0.2, 0.25) is 0 Å². The number of nitrogens with two attached hydrogens (primary N) is 1. The van der Waals surface area contributed by atoms with Crippen LogP contribution in [0.15, 0.2) is 18.2 Å². The van der Waals surface area contributed by atoms with Crippen LogP contribution in [0.5, 0.6) is 0 Å². The molecule has 0 atom stereocenters. The van der Waals surface area contributed by atoms with Crippen LogP contribution in [0.25, 0.3) is 0 Å². The lowest BCUT2D eigenvalue weighted by molar-refractivity contribution is 0.252. The zero-order valence-electron chi connectivity index (χ0n) is 9.13. The van der Waals surface area contributed by atoms with E-state index in [4.69, 9.17) is 5.73 Å². The minimum Gasteiger partial charge on any atom is -0.338 e. The predicted octanol–water partition coefficient (Wildman–Crippen LogP) is 1.60. The highest BCUT2D eigenvalue weighted by atomic mass is 16.2. The summed E-state index contributed by atoms with van der Waals surface area (Å²) in [7, 11) is 0. The Morgan fingerprint density at radius 2 is 2.20 bits per heavy atom. The number of benzene rings is 1. The van der Waals surface area contributed by atoms with E-state index in [1.807, 2.05) is 32.0 Å². The van der Waals surface area contributed by atoms with E-state index in [0.717, 1.165) is 16.8 Å². The molecule has 1 aromatic rings. The van der Waals surface area contributed by atoms with Gasteiger partial charge in [-0.2, -0.15) is 0 Å². The Labute approximate surface area is 89.9 Å². The van der Waals surface area contributed by atoms with E-state index in [2.05, 4.69) is 10.6 Å². The van der Waals surface area contributed by atoms with Crippen molar-refractivity contribution < 1.29 is 4.79 Å². The molecule has 0 aromatic heterocycles. The summed E-state index contributed by atoms with van der Waals surface area (Å²) in [6, 6.07) is 5.57. The lowest BCUT2D eigenvalue weighted by atomic mass is 10.1. The number of hydrogen-bond acceptors (Lipinski definition) is 2. The van der Waals surface area contributed by atoms with Crippen molar-refractivity contribution in [1.29, 1.82) is 0 Å². The molecule has 2 amide bonds. The van der Waals surface area contributed by atoms with Gasteiger partial charge in [-0.1, -0.05) is 12.1 Å². The van der Waals surface area contributed by atoms with E-state index in [1.54, 1.807) is 0 Å². The molecule has 15 heavy (non-hydrogen) atoms. The van der Waals surface area contributed by atoms with Gasteiger partial charge in [0.15, 0.2) is 0 Å². The minimum absolute atomic E-state index is 0.180. The van der Waals surface area contributed by atoms with Crippen LogP contribution in [0.3, 0.4) is 0 Å². The lowest BCUT2D eigenvalue weighted by Crippen LogP contribution is -2.28. The maximum absolute atomic E-state index is 11.3. The van der Waals surface area contributed by atoms with Gasteiger partial charge in [-0.05, 0) is 31.0 Å². The molecule has 0 aliphatic carbocycles. The zero-order chi connectivity index (χ0) is 11.3. The smallest absolute Gasteiger partial charge is 0.319 e. The normalized spacial score (nSPS) is 9.80. The largest absolute Gasteiger partial charge is 0.338 e. The number of rotatable bonds is 3. The Bertz CT molecular complexity index is 350. The second-order valence-corrected chi connectivity index (χ2v) is 3.34. The predicted molar refractivity (Wildman–Crippen MR) is 61.8 cm³/mol. The van der Waals surface area contributed by atoms with Gasteiger partial charge >= 0.3 is 6.03 Å². The molecule has 0 heterocycles. The van der Waals surface area contributed by atoms with Crippen LogP contribution in [-0.2, 0) is 6.54 Å². The molecule has 4 nitrogen and oxygen atoms in total. The first-order valence-corrected chi connectivity index (χ1v) is 5.01. The molecule has 0 saturated heterocycles. The molecular weight excluding hydrogens is 190 g/mol. The van der Waals surface area contributed by atoms with Crippen LogP contribution >= 0.6 is 0 Å². The number of urea groups is 1. The van der Waals surface area contributed by atoms with E-state index >= 15 is 0 Å². The van der Waals surface area contributed by atoms with Crippen molar-refractivity contribution in [3.8, 4) is 0 Å². The number of amides is 2. The molecule has 0 saturated carbocycles. The number of hydrogen-bond donors (Lipinski definition) is 3. The molecular formula is C11H17N3O. The summed E-state index contributed by atoms with van der Waals surface area (Å²) < 4.78 is 0. The molecule has 0 aliphatic heterocycles. The van der Waals surface area contributed by atoms with Gasteiger partial charge in [0, 0.05) is 18.8 Å². The number of carbonyl (C=O) groups is 1. The van der Waals surface area contributed by atoms with Crippen LogP contribution in [-0.4, -0.2) is 12.6 Å². The molecule has 0 aliphatic rings. The van der Waals surface area contributed by atoms with Crippen molar-refractivity contribution in [2.45, 2.75) is 20.4 Å². The monoisotopic (exact) mass is 207 g/mol. The number of aryl methyl sites for hydroxylation is 1.